The van der Waals surface area contributed by atoms with Crippen LogP contribution >= 0.6 is 0 Å². The van der Waals surface area contributed by atoms with Gasteiger partial charge in [0.2, 0.25) is 0 Å². The van der Waals surface area contributed by atoms with Crippen LogP contribution in [0.4, 0.5) is 16.2 Å². The molecule has 0 spiro atoms. The Hall–Kier alpha value is -4.66. The smallest absolute Gasteiger partial charge is 0.321 e. The zero-order chi connectivity index (χ0) is 37.6. The van der Waals surface area contributed by atoms with Gasteiger partial charge < -0.3 is 34.2 Å². The SMILES string of the molecule is Cc1noc(C)c1S(=O)(=O)Nc1ccc2c(c1)C(=O)N([C@@H](C)CO)C[C@H](C)[C@H](CN(C)C(=O)Nc1cccc3ccccc13)OCCCC[C@H](C)O2. The number of aliphatic hydroxyl groups is 1. The number of hydrogen-bond acceptors (Lipinski definition) is 9. The number of likely N-dealkylation sites (N-methyl/N-ethyl adjacent to an activating group) is 1. The lowest BCUT2D eigenvalue weighted by Crippen LogP contribution is -2.48. The third-order valence-corrected chi connectivity index (χ3v) is 11.0. The Morgan fingerprint density at radius 2 is 1.85 bits per heavy atom. The third-order valence-electron chi connectivity index (χ3n) is 9.37. The van der Waals surface area contributed by atoms with E-state index in [0.717, 1.165) is 23.6 Å². The summed E-state index contributed by atoms with van der Waals surface area (Å²) in [6, 6.07) is 17.3. The van der Waals surface area contributed by atoms with E-state index in [1.165, 1.54) is 19.9 Å². The predicted octanol–water partition coefficient (Wildman–Crippen LogP) is 6.20. The van der Waals surface area contributed by atoms with E-state index in [2.05, 4.69) is 15.2 Å². The normalized spacial score (nSPS) is 19.6. The van der Waals surface area contributed by atoms with Gasteiger partial charge in [-0.15, -0.1) is 0 Å². The molecule has 5 rings (SSSR count). The minimum absolute atomic E-state index is 0.0741. The van der Waals surface area contributed by atoms with Crippen molar-refractivity contribution in [3.8, 4) is 5.75 Å². The highest BCUT2D eigenvalue weighted by Crippen LogP contribution is 2.31. The molecule has 0 radical (unpaired) electrons. The van der Waals surface area contributed by atoms with Crippen molar-refractivity contribution in [2.45, 2.75) is 77.0 Å². The number of amides is 3. The molecule has 3 N–H and O–H groups in total. The second kappa shape index (κ2) is 16.8. The first-order chi connectivity index (χ1) is 24.8. The van der Waals surface area contributed by atoms with Crippen molar-refractivity contribution < 1.29 is 37.1 Å². The van der Waals surface area contributed by atoms with Crippen LogP contribution in [0.5, 0.6) is 5.75 Å². The van der Waals surface area contributed by atoms with Gasteiger partial charge in [0.25, 0.3) is 15.9 Å². The molecule has 0 bridgehead atoms. The van der Waals surface area contributed by atoms with E-state index in [-0.39, 0.29) is 65.3 Å². The number of fused-ring (bicyclic) bond motifs is 2. The molecule has 52 heavy (non-hydrogen) atoms. The van der Waals surface area contributed by atoms with Gasteiger partial charge in [-0.2, -0.15) is 0 Å². The van der Waals surface area contributed by atoms with Crippen molar-refractivity contribution in [2.24, 2.45) is 5.92 Å². The lowest BCUT2D eigenvalue weighted by molar-refractivity contribution is -0.0115. The number of aliphatic hydroxyl groups excluding tert-OH is 1. The Bertz CT molecular complexity index is 1960. The molecule has 0 fully saturated rings. The number of aryl methyl sites for hydroxylation is 2. The molecule has 4 aromatic rings. The number of anilines is 2. The highest BCUT2D eigenvalue weighted by atomic mass is 32.2. The topological polar surface area (TPSA) is 164 Å². The van der Waals surface area contributed by atoms with Crippen molar-refractivity contribution in [3.05, 3.63) is 77.7 Å². The minimum atomic E-state index is -4.10. The first kappa shape index (κ1) is 38.6. The van der Waals surface area contributed by atoms with Crippen LogP contribution in [0.2, 0.25) is 0 Å². The first-order valence-electron chi connectivity index (χ1n) is 17.6. The summed E-state index contributed by atoms with van der Waals surface area (Å²) in [5.74, 6) is -0.290. The van der Waals surface area contributed by atoms with Crippen LogP contribution in [0.3, 0.4) is 0 Å². The van der Waals surface area contributed by atoms with Crippen LogP contribution in [-0.2, 0) is 14.8 Å². The molecule has 3 aromatic carbocycles. The molecule has 3 amide bonds. The molecule has 1 aromatic heterocycles. The molecule has 14 heteroatoms. The Balaban J connectivity index is 1.41. The molecular formula is C38H49N5O8S. The number of benzene rings is 3. The van der Waals surface area contributed by atoms with E-state index in [0.29, 0.717) is 24.5 Å². The molecule has 2 heterocycles. The molecule has 4 atom stereocenters. The number of nitrogens with zero attached hydrogens (tertiary/aromatic N) is 3. The van der Waals surface area contributed by atoms with Gasteiger partial charge in [0.05, 0.1) is 36.1 Å². The number of carbonyl (C=O) groups excluding carboxylic acids is 2. The molecule has 0 saturated heterocycles. The van der Waals surface area contributed by atoms with Gasteiger partial charge in [-0.3, -0.25) is 9.52 Å². The Labute approximate surface area is 305 Å². The fourth-order valence-corrected chi connectivity index (χ4v) is 7.79. The largest absolute Gasteiger partial charge is 0.490 e. The summed E-state index contributed by atoms with van der Waals surface area (Å²) in [5.41, 5.74) is 1.20. The van der Waals surface area contributed by atoms with Crippen LogP contribution < -0.4 is 14.8 Å². The fourth-order valence-electron chi connectivity index (χ4n) is 6.41. The lowest BCUT2D eigenvalue weighted by Gasteiger charge is -2.35. The van der Waals surface area contributed by atoms with Crippen LogP contribution in [0.1, 0.15) is 61.8 Å². The molecule has 13 nitrogen and oxygen atoms in total. The second-order valence-corrected chi connectivity index (χ2v) is 15.2. The lowest BCUT2D eigenvalue weighted by atomic mass is 10.0. The standard InChI is InChI=1S/C38H49N5O8S/c1-24-21-43(25(2)23-44)37(45)32-20-30(41-52(47,48)36-27(4)40-51-28(36)5)17-18-34(32)50-26(3)12-9-10-19-49-35(24)22-42(6)38(46)39-33-16-11-14-29-13-7-8-15-31(29)33/h7-8,11,13-18,20,24-26,35,41,44H,9-10,12,19,21-23H2,1-6H3,(H,39,46)/t24-,25-,26-,35-/m0/s1. The highest BCUT2D eigenvalue weighted by Gasteiger charge is 2.32. The number of sulfonamides is 1. The summed E-state index contributed by atoms with van der Waals surface area (Å²) >= 11 is 0. The summed E-state index contributed by atoms with van der Waals surface area (Å²) in [6.45, 7) is 9.21. The Morgan fingerprint density at radius 1 is 1.10 bits per heavy atom. The number of carbonyl (C=O) groups is 2. The summed E-state index contributed by atoms with van der Waals surface area (Å²) in [6.07, 6.45) is 1.52. The number of ether oxygens (including phenoxy) is 2. The van der Waals surface area contributed by atoms with Gasteiger partial charge in [-0.05, 0) is 76.6 Å². The van der Waals surface area contributed by atoms with E-state index in [1.807, 2.05) is 56.3 Å². The van der Waals surface area contributed by atoms with E-state index in [1.54, 1.807) is 35.9 Å². The van der Waals surface area contributed by atoms with Crippen molar-refractivity contribution in [2.75, 3.05) is 43.4 Å². The molecule has 1 aliphatic heterocycles. The van der Waals surface area contributed by atoms with Crippen molar-refractivity contribution in [1.29, 1.82) is 0 Å². The van der Waals surface area contributed by atoms with Gasteiger partial charge in [-0.1, -0.05) is 48.5 Å². The Morgan fingerprint density at radius 3 is 2.58 bits per heavy atom. The fraction of sp³-hybridized carbons (Fsp3) is 0.447. The highest BCUT2D eigenvalue weighted by molar-refractivity contribution is 7.92. The van der Waals surface area contributed by atoms with Crippen molar-refractivity contribution in [3.63, 3.8) is 0 Å². The zero-order valence-corrected chi connectivity index (χ0v) is 31.4. The number of aromatic nitrogens is 1. The number of hydrogen-bond donors (Lipinski definition) is 3. The van der Waals surface area contributed by atoms with Gasteiger partial charge in [0, 0.05) is 43.7 Å². The molecule has 1 aliphatic rings. The molecule has 0 aliphatic carbocycles. The maximum absolute atomic E-state index is 14.5. The maximum atomic E-state index is 14.5. The summed E-state index contributed by atoms with van der Waals surface area (Å²) < 4.78 is 47.0. The number of nitrogens with one attached hydrogen (secondary N) is 2. The zero-order valence-electron chi connectivity index (χ0n) is 30.6. The Kier molecular flexibility index (Phi) is 12.4. The van der Waals surface area contributed by atoms with E-state index in [4.69, 9.17) is 14.0 Å². The quantitative estimate of drug-likeness (QED) is 0.191. The number of rotatable bonds is 8. The molecule has 280 valence electrons. The van der Waals surface area contributed by atoms with Gasteiger partial charge >= 0.3 is 6.03 Å². The summed E-state index contributed by atoms with van der Waals surface area (Å²) in [5, 5.41) is 19.0. The van der Waals surface area contributed by atoms with Crippen LogP contribution in [-0.4, -0.2) is 92.0 Å². The van der Waals surface area contributed by atoms with Crippen molar-refractivity contribution in [1.82, 2.24) is 15.0 Å². The first-order valence-corrected chi connectivity index (χ1v) is 19.1. The molecule has 0 saturated carbocycles. The second-order valence-electron chi connectivity index (χ2n) is 13.6. The third kappa shape index (κ3) is 9.03. The summed E-state index contributed by atoms with van der Waals surface area (Å²) in [7, 11) is -2.39. The van der Waals surface area contributed by atoms with Gasteiger partial charge in [0.15, 0.2) is 10.7 Å². The maximum Gasteiger partial charge on any atom is 0.321 e. The van der Waals surface area contributed by atoms with Gasteiger partial charge in [0.1, 0.15) is 11.4 Å². The monoisotopic (exact) mass is 735 g/mol. The molecular weight excluding hydrogens is 687 g/mol. The molecule has 0 unspecified atom stereocenters. The minimum Gasteiger partial charge on any atom is -0.490 e. The average molecular weight is 736 g/mol. The average Bonchev–Trinajstić information content (AvgIpc) is 3.47. The van der Waals surface area contributed by atoms with Crippen LogP contribution in [0, 0.1) is 19.8 Å². The summed E-state index contributed by atoms with van der Waals surface area (Å²) in [4.78, 5) is 31.0. The van der Waals surface area contributed by atoms with Crippen LogP contribution in [0.25, 0.3) is 10.8 Å². The van der Waals surface area contributed by atoms with Crippen LogP contribution in [0.15, 0.2) is 70.1 Å². The van der Waals surface area contributed by atoms with E-state index >= 15 is 0 Å². The van der Waals surface area contributed by atoms with E-state index < -0.39 is 28.1 Å². The van der Waals surface area contributed by atoms with Crippen molar-refractivity contribution >= 4 is 44.1 Å². The van der Waals surface area contributed by atoms with Gasteiger partial charge in [-0.25, -0.2) is 13.2 Å². The number of urea groups is 1. The van der Waals surface area contributed by atoms with E-state index in [9.17, 15) is 23.1 Å². The predicted molar refractivity (Wildman–Crippen MR) is 199 cm³/mol.